The quantitative estimate of drug-likeness (QED) is 0.493. The van der Waals surface area contributed by atoms with Gasteiger partial charge in [0.15, 0.2) is 5.92 Å². The van der Waals surface area contributed by atoms with Gasteiger partial charge in [-0.15, -0.1) is 0 Å². The van der Waals surface area contributed by atoms with Crippen LogP contribution in [0.2, 0.25) is 0 Å². The van der Waals surface area contributed by atoms with Gasteiger partial charge in [0.1, 0.15) is 5.76 Å². The Balaban J connectivity index is 1.99. The van der Waals surface area contributed by atoms with Crippen molar-refractivity contribution in [1.29, 1.82) is 0 Å². The molecule has 0 spiro atoms. The van der Waals surface area contributed by atoms with Crippen molar-refractivity contribution in [3.05, 3.63) is 24.2 Å². The van der Waals surface area contributed by atoms with Gasteiger partial charge in [-0.25, -0.2) is 4.79 Å². The lowest BCUT2D eigenvalue weighted by Gasteiger charge is -2.27. The van der Waals surface area contributed by atoms with Crippen LogP contribution in [0.5, 0.6) is 0 Å². The van der Waals surface area contributed by atoms with E-state index in [1.54, 1.807) is 12.1 Å². The van der Waals surface area contributed by atoms with Crippen LogP contribution in [-0.4, -0.2) is 55.1 Å². The van der Waals surface area contributed by atoms with Crippen molar-refractivity contribution in [3.8, 4) is 0 Å². The van der Waals surface area contributed by atoms with Crippen molar-refractivity contribution < 1.29 is 23.7 Å². The summed E-state index contributed by atoms with van der Waals surface area (Å²) < 4.78 is 5.15. The average Bonchev–Trinajstić information content (AvgIpc) is 3.07. The number of rotatable bonds is 8. The maximum Gasteiger partial charge on any atom is 0.331 e. The number of hydrogen-bond acceptors (Lipinski definition) is 5. The number of likely N-dealkylation sites (N-methyl/N-ethyl adjacent to an activating group) is 1. The lowest BCUT2D eigenvalue weighted by Crippen LogP contribution is -3.11. The van der Waals surface area contributed by atoms with Gasteiger partial charge in [0, 0.05) is 6.21 Å². The Bertz CT molecular complexity index is 608. The minimum Gasteiger partial charge on any atom is -0.467 e. The first-order valence-electron chi connectivity index (χ1n) is 8.08. The van der Waals surface area contributed by atoms with Crippen molar-refractivity contribution in [3.63, 3.8) is 0 Å². The zero-order chi connectivity index (χ0) is 17.5. The normalized spacial score (nSPS) is 18.7. The molecule has 0 radical (unpaired) electrons. The fourth-order valence-corrected chi connectivity index (χ4v) is 2.48. The zero-order valence-corrected chi connectivity index (χ0v) is 13.9. The van der Waals surface area contributed by atoms with E-state index in [4.69, 9.17) is 4.42 Å². The largest absolute Gasteiger partial charge is 0.467 e. The predicted octanol–water partition coefficient (Wildman–Crippen LogP) is -0.530. The van der Waals surface area contributed by atoms with Crippen LogP contribution in [-0.2, 0) is 16.1 Å². The van der Waals surface area contributed by atoms with Gasteiger partial charge in [-0.2, -0.15) is 0 Å². The Labute approximate surface area is 140 Å². The summed E-state index contributed by atoms with van der Waals surface area (Å²) in [6.07, 6.45) is 2.80. The molecule has 0 saturated carbocycles. The number of furan rings is 1. The fourth-order valence-electron chi connectivity index (χ4n) is 2.48. The van der Waals surface area contributed by atoms with Crippen molar-refractivity contribution in [2.75, 3.05) is 26.2 Å². The predicted molar refractivity (Wildman–Crippen MR) is 86.6 cm³/mol. The molecule has 8 nitrogen and oxygen atoms in total. The molecule has 0 bridgehead atoms. The molecule has 8 heteroatoms. The molecule has 1 aliphatic heterocycles. The molecule has 0 aromatic carbocycles. The highest BCUT2D eigenvalue weighted by Gasteiger charge is 2.39. The maximum absolute atomic E-state index is 12.4. The minimum absolute atomic E-state index is 0.0150. The molecule has 1 aromatic heterocycles. The summed E-state index contributed by atoms with van der Waals surface area (Å²) in [7, 11) is 0. The number of carbonyl (C=O) groups is 3. The summed E-state index contributed by atoms with van der Waals surface area (Å²) >= 11 is 0. The number of quaternary nitrogens is 1. The summed E-state index contributed by atoms with van der Waals surface area (Å²) in [5, 5.41) is 2.18. The van der Waals surface area contributed by atoms with Crippen molar-refractivity contribution >= 4 is 24.1 Å². The molecule has 1 fully saturated rings. The van der Waals surface area contributed by atoms with Crippen LogP contribution < -0.4 is 10.2 Å². The molecule has 1 saturated heterocycles. The second kappa shape index (κ2) is 8.39. The molecule has 0 aliphatic carbocycles. The number of nitrogens with zero attached hydrogens (tertiary/aromatic N) is 2. The Hall–Kier alpha value is -2.48. The van der Waals surface area contributed by atoms with Crippen LogP contribution in [0.15, 0.2) is 27.8 Å². The van der Waals surface area contributed by atoms with Gasteiger partial charge in [0.2, 0.25) is 11.8 Å². The third-order valence-electron chi connectivity index (χ3n) is 4.03. The number of carbonyl (C=O) groups excluding carboxylic acids is 3. The molecule has 24 heavy (non-hydrogen) atoms. The van der Waals surface area contributed by atoms with E-state index in [0.717, 1.165) is 24.5 Å². The Morgan fingerprint density at radius 2 is 2.08 bits per heavy atom. The molecule has 2 N–H and O–H groups in total. The number of imide groups is 2. The minimum atomic E-state index is -1.08. The van der Waals surface area contributed by atoms with Crippen molar-refractivity contribution in [1.82, 2.24) is 10.2 Å². The van der Waals surface area contributed by atoms with E-state index in [0.29, 0.717) is 12.3 Å². The van der Waals surface area contributed by atoms with Crippen LogP contribution in [0.25, 0.3) is 0 Å². The van der Waals surface area contributed by atoms with Gasteiger partial charge < -0.3 is 9.32 Å². The average molecular weight is 335 g/mol. The standard InChI is InChI=1S/C16H22N4O4/c1-3-19(4-2)8-7-17-10-13-14(21)18-16(23)20(15(13)22)11-12-6-5-9-24-12/h5-6,9-10,13H,3-4,7-8,11H2,1-2H3,(H,18,21,23)/p+1. The van der Waals surface area contributed by atoms with Gasteiger partial charge in [-0.05, 0) is 26.0 Å². The lowest BCUT2D eigenvalue weighted by atomic mass is 10.1. The monoisotopic (exact) mass is 335 g/mol. The summed E-state index contributed by atoms with van der Waals surface area (Å²) in [6.45, 7) is 7.54. The van der Waals surface area contributed by atoms with Crippen molar-refractivity contribution in [2.45, 2.75) is 20.4 Å². The number of barbiturate groups is 1. The fraction of sp³-hybridized carbons (Fsp3) is 0.500. The zero-order valence-electron chi connectivity index (χ0n) is 13.9. The van der Waals surface area contributed by atoms with E-state index in [-0.39, 0.29) is 6.54 Å². The second-order valence-corrected chi connectivity index (χ2v) is 5.54. The van der Waals surface area contributed by atoms with E-state index in [1.165, 1.54) is 17.4 Å². The SMILES string of the molecule is CC[NH+](CC)CCN=CC1C(=O)NC(=O)N(Cc2ccco2)C1=O. The second-order valence-electron chi connectivity index (χ2n) is 5.54. The number of aliphatic imine (C=N–C) groups is 1. The van der Waals surface area contributed by atoms with Gasteiger partial charge in [0.05, 0.1) is 39.0 Å². The molecule has 1 unspecified atom stereocenters. The van der Waals surface area contributed by atoms with Gasteiger partial charge in [-0.3, -0.25) is 24.8 Å². The number of nitrogens with one attached hydrogen (secondary N) is 2. The molecule has 2 rings (SSSR count). The molecular formula is C16H23N4O4+. The van der Waals surface area contributed by atoms with Crippen LogP contribution >= 0.6 is 0 Å². The summed E-state index contributed by atoms with van der Waals surface area (Å²) in [5.74, 6) is -1.84. The third kappa shape index (κ3) is 4.29. The molecule has 130 valence electrons. The molecular weight excluding hydrogens is 312 g/mol. The molecule has 1 atom stereocenters. The van der Waals surface area contributed by atoms with Crippen LogP contribution in [0.1, 0.15) is 19.6 Å². The molecule has 1 aliphatic rings. The van der Waals surface area contributed by atoms with E-state index >= 15 is 0 Å². The number of urea groups is 1. The Morgan fingerprint density at radius 3 is 2.71 bits per heavy atom. The Morgan fingerprint density at radius 1 is 1.33 bits per heavy atom. The molecule has 1 aromatic rings. The highest BCUT2D eigenvalue weighted by molar-refractivity contribution is 6.23. The number of hydrogen-bond donors (Lipinski definition) is 2. The van der Waals surface area contributed by atoms with Crippen LogP contribution in [0.3, 0.4) is 0 Å². The first-order chi connectivity index (χ1) is 11.6. The highest BCUT2D eigenvalue weighted by Crippen LogP contribution is 2.13. The maximum atomic E-state index is 12.4. The lowest BCUT2D eigenvalue weighted by molar-refractivity contribution is -0.894. The summed E-state index contributed by atoms with van der Waals surface area (Å²) in [4.78, 5) is 42.7. The van der Waals surface area contributed by atoms with Gasteiger partial charge >= 0.3 is 6.03 Å². The third-order valence-corrected chi connectivity index (χ3v) is 4.03. The van der Waals surface area contributed by atoms with E-state index in [9.17, 15) is 14.4 Å². The van der Waals surface area contributed by atoms with E-state index < -0.39 is 23.8 Å². The first kappa shape index (κ1) is 17.9. The topological polar surface area (TPSA) is 96.4 Å². The van der Waals surface area contributed by atoms with Gasteiger partial charge in [-0.1, -0.05) is 0 Å². The molecule has 4 amide bonds. The van der Waals surface area contributed by atoms with E-state index in [2.05, 4.69) is 24.2 Å². The summed E-state index contributed by atoms with van der Waals surface area (Å²) in [5.41, 5.74) is 0. The Kier molecular flexibility index (Phi) is 6.25. The van der Waals surface area contributed by atoms with Crippen LogP contribution in [0.4, 0.5) is 4.79 Å². The van der Waals surface area contributed by atoms with Gasteiger partial charge in [0.25, 0.3) is 0 Å². The smallest absolute Gasteiger partial charge is 0.331 e. The van der Waals surface area contributed by atoms with Crippen LogP contribution in [0, 0.1) is 5.92 Å². The molecule has 2 heterocycles. The number of amides is 4. The summed E-state index contributed by atoms with van der Waals surface area (Å²) in [6, 6.07) is 2.59. The highest BCUT2D eigenvalue weighted by atomic mass is 16.3. The first-order valence-corrected chi connectivity index (χ1v) is 8.08. The van der Waals surface area contributed by atoms with Crippen molar-refractivity contribution in [2.24, 2.45) is 10.9 Å². The van der Waals surface area contributed by atoms with E-state index in [1.807, 2.05) is 0 Å².